The van der Waals surface area contributed by atoms with Crippen LogP contribution in [0.1, 0.15) is 31.4 Å². The van der Waals surface area contributed by atoms with Crippen molar-refractivity contribution in [3.63, 3.8) is 0 Å². The van der Waals surface area contributed by atoms with Gasteiger partial charge in [0.05, 0.1) is 0 Å². The minimum absolute atomic E-state index is 0.0988. The maximum absolute atomic E-state index is 12.9. The molecule has 3 aromatic rings. The first kappa shape index (κ1) is 22.3. The Kier molecular flexibility index (Phi) is 6.31. The molecule has 3 aromatic carbocycles. The number of benzene rings is 3. The Morgan fingerprint density at radius 3 is 2.55 bits per heavy atom. The number of nitrogens with one attached hydrogen (secondary N) is 3. The molecule has 1 aliphatic heterocycles. The van der Waals surface area contributed by atoms with E-state index in [1.165, 1.54) is 0 Å². The summed E-state index contributed by atoms with van der Waals surface area (Å²) in [5.41, 5.74) is 1.40. The predicted octanol–water partition coefficient (Wildman–Crippen LogP) is 3.91. The van der Waals surface area contributed by atoms with Gasteiger partial charge in [-0.15, -0.1) is 0 Å². The monoisotopic (exact) mass is 445 g/mol. The van der Waals surface area contributed by atoms with Gasteiger partial charge in [0.15, 0.2) is 0 Å². The van der Waals surface area contributed by atoms with Crippen molar-refractivity contribution in [2.24, 2.45) is 0 Å². The molecule has 0 aliphatic carbocycles. The summed E-state index contributed by atoms with van der Waals surface area (Å²) >= 11 is 0. The number of aryl methyl sites for hydroxylation is 1. The van der Waals surface area contributed by atoms with E-state index in [9.17, 15) is 14.4 Å². The number of carbonyl (C=O) groups excluding carboxylic acids is 3. The third-order valence-corrected chi connectivity index (χ3v) is 5.80. The minimum Gasteiger partial charge on any atom is -0.445 e. The van der Waals surface area contributed by atoms with Gasteiger partial charge in [0, 0.05) is 5.69 Å². The fourth-order valence-electron chi connectivity index (χ4n) is 3.91. The van der Waals surface area contributed by atoms with Gasteiger partial charge in [0.2, 0.25) is 11.8 Å². The summed E-state index contributed by atoms with van der Waals surface area (Å²) in [5, 5.41) is 10.5. The molecule has 33 heavy (non-hydrogen) atoms. The van der Waals surface area contributed by atoms with Crippen LogP contribution in [0.5, 0.6) is 0 Å². The first-order valence-corrected chi connectivity index (χ1v) is 10.9. The van der Waals surface area contributed by atoms with Gasteiger partial charge in [-0.1, -0.05) is 60.7 Å². The normalized spacial score (nSPS) is 15.7. The smallest absolute Gasteiger partial charge is 0.408 e. The van der Waals surface area contributed by atoms with E-state index in [0.717, 1.165) is 27.6 Å². The van der Waals surface area contributed by atoms with Crippen molar-refractivity contribution in [1.82, 2.24) is 10.6 Å². The summed E-state index contributed by atoms with van der Waals surface area (Å²) in [4.78, 5) is 38.0. The molecule has 0 spiro atoms. The maximum atomic E-state index is 12.9. The van der Waals surface area contributed by atoms with E-state index in [1.807, 2.05) is 66.7 Å². The van der Waals surface area contributed by atoms with Crippen molar-refractivity contribution >= 4 is 34.4 Å². The zero-order chi connectivity index (χ0) is 23.4. The first-order valence-electron chi connectivity index (χ1n) is 10.9. The number of rotatable bonds is 5. The van der Waals surface area contributed by atoms with Crippen molar-refractivity contribution in [2.45, 2.75) is 44.9 Å². The Bertz CT molecular complexity index is 1190. The van der Waals surface area contributed by atoms with E-state index in [0.29, 0.717) is 12.8 Å². The van der Waals surface area contributed by atoms with E-state index in [-0.39, 0.29) is 12.5 Å². The Labute approximate surface area is 192 Å². The highest BCUT2D eigenvalue weighted by molar-refractivity contribution is 6.02. The van der Waals surface area contributed by atoms with Crippen LogP contribution in [0.4, 0.5) is 10.5 Å². The van der Waals surface area contributed by atoms with Gasteiger partial charge < -0.3 is 20.7 Å². The standard InChI is InChI=1S/C26H27N3O4/c1-26(2,29-25(32)33-16-17-8-4-3-5-9-17)24(31)28-22-15-13-20-19-11-7-6-10-18(19)12-14-21(20)27-23(22)30/h3-12,14,22H,13,15-16H2,1-2H3,(H,27,30)(H,28,31)(H,29,32)/t22-/m1/s1. The van der Waals surface area contributed by atoms with Crippen molar-refractivity contribution in [2.75, 3.05) is 5.32 Å². The van der Waals surface area contributed by atoms with Gasteiger partial charge in [-0.2, -0.15) is 0 Å². The van der Waals surface area contributed by atoms with Crippen molar-refractivity contribution < 1.29 is 19.1 Å². The van der Waals surface area contributed by atoms with Gasteiger partial charge in [-0.3, -0.25) is 9.59 Å². The fraction of sp³-hybridized carbons (Fsp3) is 0.269. The lowest BCUT2D eigenvalue weighted by Gasteiger charge is -2.27. The minimum atomic E-state index is -1.26. The second-order valence-electron chi connectivity index (χ2n) is 8.68. The molecular formula is C26H27N3O4. The topological polar surface area (TPSA) is 96.5 Å². The molecule has 0 unspecified atom stereocenters. The van der Waals surface area contributed by atoms with Crippen LogP contribution in [0, 0.1) is 0 Å². The average molecular weight is 446 g/mol. The third kappa shape index (κ3) is 5.14. The lowest BCUT2D eigenvalue weighted by atomic mass is 9.98. The summed E-state index contributed by atoms with van der Waals surface area (Å²) in [6.45, 7) is 3.24. The Morgan fingerprint density at radius 1 is 1.03 bits per heavy atom. The molecule has 0 saturated heterocycles. The highest BCUT2D eigenvalue weighted by Gasteiger charge is 2.34. The number of carbonyl (C=O) groups is 3. The van der Waals surface area contributed by atoms with Crippen molar-refractivity contribution in [3.05, 3.63) is 77.9 Å². The molecule has 1 heterocycles. The number of amides is 3. The molecular weight excluding hydrogens is 418 g/mol. The van der Waals surface area contributed by atoms with Crippen LogP contribution in [0.25, 0.3) is 10.8 Å². The largest absolute Gasteiger partial charge is 0.445 e. The van der Waals surface area contributed by atoms with Crippen LogP contribution in [0.2, 0.25) is 0 Å². The van der Waals surface area contributed by atoms with Crippen molar-refractivity contribution in [3.8, 4) is 0 Å². The molecule has 7 nitrogen and oxygen atoms in total. The lowest BCUT2D eigenvalue weighted by Crippen LogP contribution is -2.58. The number of hydrogen-bond acceptors (Lipinski definition) is 4. The summed E-state index contributed by atoms with van der Waals surface area (Å²) in [6, 6.07) is 20.4. The quantitative estimate of drug-likeness (QED) is 0.555. The number of fused-ring (bicyclic) bond motifs is 3. The molecule has 0 bridgehead atoms. The number of hydrogen-bond donors (Lipinski definition) is 3. The Balaban J connectivity index is 1.38. The van der Waals surface area contributed by atoms with E-state index < -0.39 is 23.6 Å². The summed E-state index contributed by atoms with van der Waals surface area (Å²) in [5.74, 6) is -0.741. The highest BCUT2D eigenvalue weighted by atomic mass is 16.5. The second-order valence-corrected chi connectivity index (χ2v) is 8.68. The number of alkyl carbamates (subject to hydrolysis) is 1. The fourth-order valence-corrected chi connectivity index (χ4v) is 3.91. The van der Waals surface area contributed by atoms with Crippen LogP contribution in [0.15, 0.2) is 66.7 Å². The van der Waals surface area contributed by atoms with Crippen LogP contribution < -0.4 is 16.0 Å². The number of anilines is 1. The molecule has 0 aromatic heterocycles. The Morgan fingerprint density at radius 2 is 1.76 bits per heavy atom. The molecule has 3 N–H and O–H groups in total. The summed E-state index contributed by atoms with van der Waals surface area (Å²) < 4.78 is 5.22. The van der Waals surface area contributed by atoms with Gasteiger partial charge in [0.25, 0.3) is 0 Å². The molecule has 0 fully saturated rings. The van der Waals surface area contributed by atoms with Gasteiger partial charge in [-0.05, 0) is 54.7 Å². The molecule has 4 rings (SSSR count). The molecule has 1 atom stereocenters. The molecule has 1 aliphatic rings. The SMILES string of the molecule is CC(C)(NC(=O)OCc1ccccc1)C(=O)N[C@@H]1CCc2c(ccc3ccccc23)NC1=O. The summed E-state index contributed by atoms with van der Waals surface area (Å²) in [7, 11) is 0. The Hall–Kier alpha value is -3.87. The molecule has 170 valence electrons. The van der Waals surface area contributed by atoms with Crippen LogP contribution in [-0.2, 0) is 27.4 Å². The van der Waals surface area contributed by atoms with Gasteiger partial charge in [-0.25, -0.2) is 4.79 Å². The van der Waals surface area contributed by atoms with E-state index >= 15 is 0 Å². The summed E-state index contributed by atoms with van der Waals surface area (Å²) in [6.07, 6.45) is 0.378. The van der Waals surface area contributed by atoms with Crippen molar-refractivity contribution in [1.29, 1.82) is 0 Å². The molecule has 3 amide bonds. The van der Waals surface area contributed by atoms with E-state index in [2.05, 4.69) is 16.0 Å². The lowest BCUT2D eigenvalue weighted by molar-refractivity contribution is -0.130. The first-order chi connectivity index (χ1) is 15.8. The van der Waals surface area contributed by atoms with Crippen LogP contribution >= 0.6 is 0 Å². The van der Waals surface area contributed by atoms with Crippen LogP contribution in [-0.4, -0.2) is 29.5 Å². The second kappa shape index (κ2) is 9.32. The van der Waals surface area contributed by atoms with Gasteiger partial charge >= 0.3 is 6.09 Å². The van der Waals surface area contributed by atoms with Crippen LogP contribution in [0.3, 0.4) is 0 Å². The molecule has 7 heteroatoms. The number of ether oxygens (including phenoxy) is 1. The zero-order valence-corrected chi connectivity index (χ0v) is 18.7. The average Bonchev–Trinajstić information content (AvgIpc) is 2.96. The predicted molar refractivity (Wildman–Crippen MR) is 127 cm³/mol. The van der Waals surface area contributed by atoms with Gasteiger partial charge in [0.1, 0.15) is 18.2 Å². The third-order valence-electron chi connectivity index (χ3n) is 5.80. The van der Waals surface area contributed by atoms with E-state index in [1.54, 1.807) is 13.8 Å². The maximum Gasteiger partial charge on any atom is 0.408 e. The zero-order valence-electron chi connectivity index (χ0n) is 18.7. The highest BCUT2D eigenvalue weighted by Crippen LogP contribution is 2.30. The molecule has 0 radical (unpaired) electrons. The van der Waals surface area contributed by atoms with E-state index in [4.69, 9.17) is 4.74 Å². The molecule has 0 saturated carbocycles.